The van der Waals surface area contributed by atoms with Gasteiger partial charge in [-0.1, -0.05) is 50.1 Å². The SMILES string of the molecule is CCCCCC=COCOCc1ccccc1. The van der Waals surface area contributed by atoms with Gasteiger partial charge in [-0.05, 0) is 24.5 Å². The van der Waals surface area contributed by atoms with Crippen molar-refractivity contribution in [3.05, 3.63) is 48.2 Å². The minimum absolute atomic E-state index is 0.319. The van der Waals surface area contributed by atoms with E-state index in [-0.39, 0.29) is 0 Å². The first-order valence-electron chi connectivity index (χ1n) is 6.31. The first-order chi connectivity index (χ1) is 8.43. The Bertz CT molecular complexity index is 293. The second-order valence-electron chi connectivity index (χ2n) is 3.99. The van der Waals surface area contributed by atoms with Crippen LogP contribution in [0.3, 0.4) is 0 Å². The van der Waals surface area contributed by atoms with Crippen LogP contribution in [0.25, 0.3) is 0 Å². The summed E-state index contributed by atoms with van der Waals surface area (Å²) in [5.74, 6) is 0. The first kappa shape index (κ1) is 13.8. The van der Waals surface area contributed by atoms with Crippen LogP contribution in [0.1, 0.15) is 38.2 Å². The summed E-state index contributed by atoms with van der Waals surface area (Å²) in [5.41, 5.74) is 1.17. The second kappa shape index (κ2) is 9.91. The molecule has 0 radical (unpaired) electrons. The van der Waals surface area contributed by atoms with Crippen molar-refractivity contribution < 1.29 is 9.47 Å². The minimum Gasteiger partial charge on any atom is -0.475 e. The van der Waals surface area contributed by atoms with E-state index in [0.717, 1.165) is 6.42 Å². The van der Waals surface area contributed by atoms with Gasteiger partial charge in [0, 0.05) is 0 Å². The normalized spacial score (nSPS) is 10.9. The van der Waals surface area contributed by atoms with Gasteiger partial charge in [-0.25, -0.2) is 0 Å². The molecule has 0 atom stereocenters. The highest BCUT2D eigenvalue weighted by Crippen LogP contribution is 2.01. The van der Waals surface area contributed by atoms with Crippen LogP contribution in [-0.2, 0) is 16.1 Å². The number of benzene rings is 1. The molecule has 0 aliphatic carbocycles. The van der Waals surface area contributed by atoms with E-state index in [0.29, 0.717) is 13.4 Å². The van der Waals surface area contributed by atoms with Gasteiger partial charge >= 0.3 is 0 Å². The molecule has 0 saturated heterocycles. The fourth-order valence-corrected chi connectivity index (χ4v) is 1.47. The average molecular weight is 234 g/mol. The topological polar surface area (TPSA) is 18.5 Å². The number of rotatable bonds is 9. The van der Waals surface area contributed by atoms with Crippen LogP contribution in [0, 0.1) is 0 Å². The average Bonchev–Trinajstić information content (AvgIpc) is 2.38. The number of hydrogen-bond acceptors (Lipinski definition) is 2. The molecule has 1 rings (SSSR count). The predicted molar refractivity (Wildman–Crippen MR) is 70.5 cm³/mol. The molecule has 1 aromatic carbocycles. The molecule has 0 aliphatic rings. The maximum absolute atomic E-state index is 5.37. The molecule has 0 amide bonds. The lowest BCUT2D eigenvalue weighted by molar-refractivity contribution is -0.0208. The van der Waals surface area contributed by atoms with Gasteiger partial charge in [0.25, 0.3) is 0 Å². The number of unbranched alkanes of at least 4 members (excludes halogenated alkanes) is 3. The van der Waals surface area contributed by atoms with Crippen LogP contribution in [0.15, 0.2) is 42.7 Å². The molecule has 2 heteroatoms. The minimum atomic E-state index is 0.319. The molecule has 0 N–H and O–H groups in total. The van der Waals surface area contributed by atoms with Crippen LogP contribution >= 0.6 is 0 Å². The molecule has 0 fully saturated rings. The third kappa shape index (κ3) is 7.58. The lowest BCUT2D eigenvalue weighted by atomic mass is 10.2. The maximum atomic E-state index is 5.37. The molecule has 0 bridgehead atoms. The molecule has 0 aliphatic heterocycles. The first-order valence-corrected chi connectivity index (χ1v) is 6.31. The Kier molecular flexibility index (Phi) is 8.04. The second-order valence-corrected chi connectivity index (χ2v) is 3.99. The van der Waals surface area contributed by atoms with Crippen LogP contribution in [0.5, 0.6) is 0 Å². The molecule has 0 heterocycles. The van der Waals surface area contributed by atoms with Crippen molar-refractivity contribution in [3.8, 4) is 0 Å². The highest BCUT2D eigenvalue weighted by Gasteiger charge is 1.90. The standard InChI is InChI=1S/C15H22O2/c1-2-3-4-5-9-12-16-14-17-13-15-10-7-6-8-11-15/h6-12H,2-5,13-14H2,1H3. The van der Waals surface area contributed by atoms with Crippen molar-refractivity contribution in [3.63, 3.8) is 0 Å². The van der Waals surface area contributed by atoms with Gasteiger partial charge in [-0.3, -0.25) is 0 Å². The Morgan fingerprint density at radius 3 is 2.71 bits per heavy atom. The molecular weight excluding hydrogens is 212 g/mol. The Hall–Kier alpha value is -1.28. The Labute approximate surface area is 104 Å². The fraction of sp³-hybridized carbons (Fsp3) is 0.467. The molecule has 0 aromatic heterocycles. The smallest absolute Gasteiger partial charge is 0.188 e. The Morgan fingerprint density at radius 1 is 1.12 bits per heavy atom. The van der Waals surface area contributed by atoms with Gasteiger partial charge < -0.3 is 9.47 Å². The number of allylic oxidation sites excluding steroid dienone is 1. The van der Waals surface area contributed by atoms with Crippen LogP contribution < -0.4 is 0 Å². The van der Waals surface area contributed by atoms with E-state index >= 15 is 0 Å². The maximum Gasteiger partial charge on any atom is 0.188 e. The van der Waals surface area contributed by atoms with E-state index in [2.05, 4.69) is 13.0 Å². The zero-order valence-corrected chi connectivity index (χ0v) is 10.6. The lowest BCUT2D eigenvalue weighted by Gasteiger charge is -2.03. The summed E-state index contributed by atoms with van der Waals surface area (Å²) < 4.78 is 10.6. The van der Waals surface area contributed by atoms with E-state index in [9.17, 15) is 0 Å². The van der Waals surface area contributed by atoms with Crippen molar-refractivity contribution in [2.75, 3.05) is 6.79 Å². The summed E-state index contributed by atoms with van der Waals surface area (Å²) in [6.45, 7) is 3.13. The predicted octanol–water partition coefficient (Wildman–Crippen LogP) is 4.27. The number of ether oxygens (including phenoxy) is 2. The van der Waals surface area contributed by atoms with E-state index in [1.54, 1.807) is 6.26 Å². The molecule has 0 spiro atoms. The molecule has 0 unspecified atom stereocenters. The molecule has 2 nitrogen and oxygen atoms in total. The van der Waals surface area contributed by atoms with Gasteiger partial charge in [0.05, 0.1) is 12.9 Å². The van der Waals surface area contributed by atoms with E-state index in [1.165, 1.54) is 24.8 Å². The molecule has 0 saturated carbocycles. The third-order valence-electron chi connectivity index (χ3n) is 2.43. The lowest BCUT2D eigenvalue weighted by Crippen LogP contribution is -1.96. The van der Waals surface area contributed by atoms with Gasteiger partial charge in [0.15, 0.2) is 6.79 Å². The van der Waals surface area contributed by atoms with Crippen molar-refractivity contribution in [1.29, 1.82) is 0 Å². The summed E-state index contributed by atoms with van der Waals surface area (Å²) >= 11 is 0. The van der Waals surface area contributed by atoms with Gasteiger partial charge in [-0.2, -0.15) is 0 Å². The molecular formula is C15H22O2. The van der Waals surface area contributed by atoms with Gasteiger partial charge in [0.2, 0.25) is 0 Å². The molecule has 17 heavy (non-hydrogen) atoms. The monoisotopic (exact) mass is 234 g/mol. The van der Waals surface area contributed by atoms with Gasteiger partial charge in [0.1, 0.15) is 0 Å². The Balaban J connectivity index is 1.94. The van der Waals surface area contributed by atoms with Crippen LogP contribution in [0.4, 0.5) is 0 Å². The van der Waals surface area contributed by atoms with Crippen molar-refractivity contribution in [2.45, 2.75) is 39.2 Å². The zero-order valence-electron chi connectivity index (χ0n) is 10.6. The zero-order chi connectivity index (χ0) is 12.2. The summed E-state index contributed by atoms with van der Waals surface area (Å²) in [4.78, 5) is 0. The third-order valence-corrected chi connectivity index (χ3v) is 2.43. The summed E-state index contributed by atoms with van der Waals surface area (Å²) in [6.07, 6.45) is 8.67. The largest absolute Gasteiger partial charge is 0.475 e. The van der Waals surface area contributed by atoms with Gasteiger partial charge in [-0.15, -0.1) is 0 Å². The fourth-order valence-electron chi connectivity index (χ4n) is 1.47. The quantitative estimate of drug-likeness (QED) is 0.361. The van der Waals surface area contributed by atoms with Crippen molar-refractivity contribution in [2.24, 2.45) is 0 Å². The van der Waals surface area contributed by atoms with Crippen LogP contribution in [0.2, 0.25) is 0 Å². The highest BCUT2D eigenvalue weighted by atomic mass is 16.7. The highest BCUT2D eigenvalue weighted by molar-refractivity contribution is 5.13. The molecule has 1 aromatic rings. The van der Waals surface area contributed by atoms with E-state index in [1.807, 2.05) is 30.3 Å². The van der Waals surface area contributed by atoms with Crippen molar-refractivity contribution in [1.82, 2.24) is 0 Å². The van der Waals surface area contributed by atoms with Crippen LogP contribution in [-0.4, -0.2) is 6.79 Å². The summed E-state index contributed by atoms with van der Waals surface area (Å²) in [7, 11) is 0. The number of hydrogen-bond donors (Lipinski definition) is 0. The molecule has 94 valence electrons. The summed E-state index contributed by atoms with van der Waals surface area (Å²) in [6, 6.07) is 10.1. The van der Waals surface area contributed by atoms with E-state index in [4.69, 9.17) is 9.47 Å². The summed E-state index contributed by atoms with van der Waals surface area (Å²) in [5, 5.41) is 0. The van der Waals surface area contributed by atoms with E-state index < -0.39 is 0 Å². The van der Waals surface area contributed by atoms with Crippen molar-refractivity contribution >= 4 is 0 Å². The Morgan fingerprint density at radius 2 is 1.94 bits per heavy atom.